The summed E-state index contributed by atoms with van der Waals surface area (Å²) in [6.45, 7) is 1.48. The molecule has 0 aliphatic rings. The fraction of sp³-hybridized carbons (Fsp3) is 0.300. The summed E-state index contributed by atoms with van der Waals surface area (Å²) in [4.78, 5) is 26.8. The molecule has 27 heavy (non-hydrogen) atoms. The van der Waals surface area contributed by atoms with Crippen molar-refractivity contribution in [2.24, 2.45) is 0 Å². The molecule has 7 heteroatoms. The van der Waals surface area contributed by atoms with Crippen molar-refractivity contribution in [1.82, 2.24) is 10.2 Å². The maximum absolute atomic E-state index is 12.5. The minimum Gasteiger partial charge on any atom is -0.495 e. The Morgan fingerprint density at radius 3 is 2.41 bits per heavy atom. The number of amides is 2. The summed E-state index contributed by atoms with van der Waals surface area (Å²) in [6, 6.07) is 11.6. The van der Waals surface area contributed by atoms with E-state index in [9.17, 15) is 9.59 Å². The topological polar surface area (TPSA) is 70.7 Å². The second-order valence-corrected chi connectivity index (χ2v) is 6.70. The molecule has 2 aromatic rings. The third-order valence-corrected chi connectivity index (χ3v) is 4.16. The Bertz CT molecular complexity index is 809. The number of benzene rings is 2. The van der Waals surface area contributed by atoms with Crippen molar-refractivity contribution >= 4 is 29.1 Å². The van der Waals surface area contributed by atoms with Crippen LogP contribution in [0.4, 0.5) is 5.69 Å². The lowest BCUT2D eigenvalue weighted by Gasteiger charge is -2.11. The number of nitrogens with one attached hydrogen (secondary N) is 2. The predicted octanol–water partition coefficient (Wildman–Crippen LogP) is 3.28. The molecule has 0 aromatic heterocycles. The van der Waals surface area contributed by atoms with Crippen molar-refractivity contribution in [2.75, 3.05) is 39.6 Å². The van der Waals surface area contributed by atoms with Crippen LogP contribution in [0.5, 0.6) is 5.75 Å². The van der Waals surface area contributed by atoms with Gasteiger partial charge in [0.2, 0.25) is 0 Å². The molecule has 0 bridgehead atoms. The van der Waals surface area contributed by atoms with Crippen LogP contribution in [0.15, 0.2) is 42.5 Å². The van der Waals surface area contributed by atoms with Crippen LogP contribution in [0.3, 0.4) is 0 Å². The average molecular weight is 390 g/mol. The predicted molar refractivity (Wildman–Crippen MR) is 108 cm³/mol. The largest absolute Gasteiger partial charge is 0.495 e. The van der Waals surface area contributed by atoms with Crippen molar-refractivity contribution in [3.8, 4) is 5.75 Å². The Morgan fingerprint density at radius 1 is 1.07 bits per heavy atom. The highest BCUT2D eigenvalue weighted by atomic mass is 35.5. The van der Waals surface area contributed by atoms with Crippen molar-refractivity contribution in [3.05, 3.63) is 58.6 Å². The summed E-state index contributed by atoms with van der Waals surface area (Å²) in [7, 11) is 5.50. The van der Waals surface area contributed by atoms with Crippen LogP contribution in [-0.2, 0) is 0 Å². The first-order valence-corrected chi connectivity index (χ1v) is 8.96. The lowest BCUT2D eigenvalue weighted by Crippen LogP contribution is -2.27. The Labute approximate surface area is 164 Å². The number of methoxy groups -OCH3 is 1. The van der Waals surface area contributed by atoms with Gasteiger partial charge in [0.15, 0.2) is 0 Å². The molecule has 0 unspecified atom stereocenters. The van der Waals surface area contributed by atoms with Crippen LogP contribution >= 0.6 is 11.6 Å². The minimum absolute atomic E-state index is 0.198. The van der Waals surface area contributed by atoms with Gasteiger partial charge in [-0.15, -0.1) is 0 Å². The zero-order valence-electron chi connectivity index (χ0n) is 15.7. The highest BCUT2D eigenvalue weighted by Gasteiger charge is 2.11. The van der Waals surface area contributed by atoms with E-state index in [1.165, 1.54) is 7.11 Å². The molecule has 0 radical (unpaired) electrons. The van der Waals surface area contributed by atoms with Crippen molar-refractivity contribution in [1.29, 1.82) is 0 Å². The van der Waals surface area contributed by atoms with Gasteiger partial charge in [0.25, 0.3) is 11.8 Å². The van der Waals surface area contributed by atoms with Crippen LogP contribution in [0, 0.1) is 0 Å². The standard InChI is InChI=1S/C20H24ClN3O3/c1-24(2)11-5-10-22-19(25)14-6-4-7-15(12-14)20(26)23-16-8-9-18(27-3)17(21)13-16/h4,6-9,12-13H,5,10-11H2,1-3H3,(H,22,25)(H,23,26). The molecule has 2 N–H and O–H groups in total. The first kappa shape index (κ1) is 20.7. The van der Waals surface area contributed by atoms with Crippen LogP contribution in [0.1, 0.15) is 27.1 Å². The quantitative estimate of drug-likeness (QED) is 0.680. The van der Waals surface area contributed by atoms with E-state index < -0.39 is 0 Å². The summed E-state index contributed by atoms with van der Waals surface area (Å²) in [5, 5.41) is 6.03. The number of halogens is 1. The molecule has 2 amide bonds. The van der Waals surface area contributed by atoms with Gasteiger partial charge in [-0.05, 0) is 63.5 Å². The number of hydrogen-bond acceptors (Lipinski definition) is 4. The summed E-state index contributed by atoms with van der Waals surface area (Å²) in [6.07, 6.45) is 0.858. The number of nitrogens with zero attached hydrogens (tertiary/aromatic N) is 1. The van der Waals surface area contributed by atoms with Crippen LogP contribution in [0.25, 0.3) is 0 Å². The molecule has 6 nitrogen and oxygen atoms in total. The number of carbonyl (C=O) groups is 2. The van der Waals surface area contributed by atoms with Gasteiger partial charge in [-0.25, -0.2) is 0 Å². The Morgan fingerprint density at radius 2 is 1.78 bits per heavy atom. The molecule has 0 aliphatic carbocycles. The molecule has 0 saturated heterocycles. The van der Waals surface area contributed by atoms with Gasteiger partial charge in [-0.2, -0.15) is 0 Å². The monoisotopic (exact) mass is 389 g/mol. The Hall–Kier alpha value is -2.57. The molecule has 0 heterocycles. The number of ether oxygens (including phenoxy) is 1. The summed E-state index contributed by atoms with van der Waals surface area (Å²) in [5.41, 5.74) is 1.38. The third kappa shape index (κ3) is 6.27. The highest BCUT2D eigenvalue weighted by Crippen LogP contribution is 2.27. The smallest absolute Gasteiger partial charge is 0.255 e. The van der Waals surface area contributed by atoms with E-state index in [1.54, 1.807) is 42.5 Å². The number of rotatable bonds is 8. The van der Waals surface area contributed by atoms with Crippen LogP contribution in [-0.4, -0.2) is 51.0 Å². The fourth-order valence-electron chi connectivity index (χ4n) is 2.45. The maximum Gasteiger partial charge on any atom is 0.255 e. The summed E-state index contributed by atoms with van der Waals surface area (Å²) < 4.78 is 5.09. The number of anilines is 1. The third-order valence-electron chi connectivity index (χ3n) is 3.86. The molecule has 2 aromatic carbocycles. The lowest BCUT2D eigenvalue weighted by molar-refractivity contribution is 0.0952. The maximum atomic E-state index is 12.5. The second-order valence-electron chi connectivity index (χ2n) is 6.30. The van der Waals surface area contributed by atoms with Crippen molar-refractivity contribution in [3.63, 3.8) is 0 Å². The summed E-state index contributed by atoms with van der Waals surface area (Å²) >= 11 is 6.07. The van der Waals surface area contributed by atoms with E-state index in [0.29, 0.717) is 34.1 Å². The summed E-state index contributed by atoms with van der Waals surface area (Å²) in [5.74, 6) is 0.0111. The van der Waals surface area contributed by atoms with E-state index >= 15 is 0 Å². The van der Waals surface area contributed by atoms with Gasteiger partial charge in [-0.3, -0.25) is 9.59 Å². The molecular formula is C20H24ClN3O3. The van der Waals surface area contributed by atoms with Gasteiger partial charge in [0.05, 0.1) is 12.1 Å². The number of hydrogen-bond donors (Lipinski definition) is 2. The molecule has 0 spiro atoms. The first-order valence-electron chi connectivity index (χ1n) is 8.58. The molecule has 0 saturated carbocycles. The first-order chi connectivity index (χ1) is 12.9. The molecular weight excluding hydrogens is 366 g/mol. The van der Waals surface area contributed by atoms with Crippen LogP contribution < -0.4 is 15.4 Å². The zero-order valence-corrected chi connectivity index (χ0v) is 16.5. The second kappa shape index (κ2) is 9.94. The average Bonchev–Trinajstić information content (AvgIpc) is 2.65. The molecule has 0 aliphatic heterocycles. The van der Waals surface area contributed by atoms with E-state index in [4.69, 9.17) is 16.3 Å². The van der Waals surface area contributed by atoms with Gasteiger partial charge in [-0.1, -0.05) is 17.7 Å². The number of carbonyl (C=O) groups excluding carboxylic acids is 2. The van der Waals surface area contributed by atoms with E-state index in [-0.39, 0.29) is 11.8 Å². The lowest BCUT2D eigenvalue weighted by atomic mass is 10.1. The van der Waals surface area contributed by atoms with Gasteiger partial charge in [0, 0.05) is 23.4 Å². The van der Waals surface area contributed by atoms with Crippen LogP contribution in [0.2, 0.25) is 5.02 Å². The molecule has 144 valence electrons. The normalized spacial score (nSPS) is 10.6. The fourth-order valence-corrected chi connectivity index (χ4v) is 2.71. The molecule has 2 rings (SSSR count). The highest BCUT2D eigenvalue weighted by molar-refractivity contribution is 6.32. The van der Waals surface area contributed by atoms with Crippen molar-refractivity contribution in [2.45, 2.75) is 6.42 Å². The van der Waals surface area contributed by atoms with Gasteiger partial charge in [0.1, 0.15) is 5.75 Å². The SMILES string of the molecule is COc1ccc(NC(=O)c2cccc(C(=O)NCCCN(C)C)c2)cc1Cl. The molecule has 0 fully saturated rings. The van der Waals surface area contributed by atoms with Gasteiger partial charge < -0.3 is 20.3 Å². The molecule has 0 atom stereocenters. The zero-order chi connectivity index (χ0) is 19.8. The van der Waals surface area contributed by atoms with E-state index in [0.717, 1.165) is 13.0 Å². The Kier molecular flexibility index (Phi) is 7.64. The van der Waals surface area contributed by atoms with Crippen molar-refractivity contribution < 1.29 is 14.3 Å². The van der Waals surface area contributed by atoms with E-state index in [1.807, 2.05) is 14.1 Å². The van der Waals surface area contributed by atoms with Gasteiger partial charge >= 0.3 is 0 Å². The van der Waals surface area contributed by atoms with E-state index in [2.05, 4.69) is 15.5 Å². The minimum atomic E-state index is -0.321. The Balaban J connectivity index is 2.00.